The molecular weight excluding hydrogens is 172 g/mol. The molecule has 2 N–H and O–H groups in total. The Labute approximate surface area is 87.1 Å². The Morgan fingerprint density at radius 2 is 2.29 bits per heavy atom. The van der Waals surface area contributed by atoms with Crippen LogP contribution in [0.4, 0.5) is 0 Å². The molecule has 0 saturated heterocycles. The Morgan fingerprint density at radius 1 is 1.43 bits per heavy atom. The molecule has 0 saturated carbocycles. The predicted molar refractivity (Wildman–Crippen MR) is 61.2 cm³/mol. The maximum absolute atomic E-state index is 3.52. The Balaban J connectivity index is 2.06. The number of hydrogen-bond donors (Lipinski definition) is 2. The van der Waals surface area contributed by atoms with Gasteiger partial charge in [0.1, 0.15) is 0 Å². The van der Waals surface area contributed by atoms with Crippen molar-refractivity contribution in [3.8, 4) is 0 Å². The summed E-state index contributed by atoms with van der Waals surface area (Å²) in [7, 11) is 0. The van der Waals surface area contributed by atoms with Crippen LogP contribution in [0.5, 0.6) is 0 Å². The zero-order chi connectivity index (χ0) is 10.2. The van der Waals surface area contributed by atoms with Crippen LogP contribution in [0.2, 0.25) is 0 Å². The fraction of sp³-hybridized carbons (Fsp3) is 0.667. The second-order valence-electron chi connectivity index (χ2n) is 4.00. The maximum atomic E-state index is 3.52. The van der Waals surface area contributed by atoms with E-state index in [1.807, 2.05) is 12.4 Å². The zero-order valence-corrected chi connectivity index (χ0v) is 9.34. The van der Waals surface area contributed by atoms with Gasteiger partial charge in [-0.05, 0) is 25.0 Å². The quantitative estimate of drug-likeness (QED) is 0.641. The Kier molecular flexibility index (Phi) is 5.38. The van der Waals surface area contributed by atoms with Crippen LogP contribution >= 0.6 is 0 Å². The Bertz CT molecular complexity index is 216. The highest BCUT2D eigenvalue weighted by atomic mass is 14.9. The molecule has 2 nitrogen and oxygen atoms in total. The highest BCUT2D eigenvalue weighted by Gasteiger charge is 2.00. The van der Waals surface area contributed by atoms with Crippen molar-refractivity contribution in [2.45, 2.75) is 52.1 Å². The summed E-state index contributed by atoms with van der Waals surface area (Å²) < 4.78 is 0. The zero-order valence-electron chi connectivity index (χ0n) is 9.34. The van der Waals surface area contributed by atoms with Crippen molar-refractivity contribution in [3.63, 3.8) is 0 Å². The lowest BCUT2D eigenvalue weighted by Gasteiger charge is -2.12. The topological polar surface area (TPSA) is 27.8 Å². The van der Waals surface area contributed by atoms with Crippen LogP contribution in [0.1, 0.15) is 45.1 Å². The van der Waals surface area contributed by atoms with Gasteiger partial charge in [0.25, 0.3) is 0 Å². The fourth-order valence-electron chi connectivity index (χ4n) is 1.56. The molecule has 0 radical (unpaired) electrons. The molecule has 1 unspecified atom stereocenters. The first-order valence-electron chi connectivity index (χ1n) is 5.68. The van der Waals surface area contributed by atoms with Crippen LogP contribution in [0.15, 0.2) is 18.5 Å². The van der Waals surface area contributed by atoms with Crippen molar-refractivity contribution in [2.75, 3.05) is 0 Å². The van der Waals surface area contributed by atoms with Crippen LogP contribution in [-0.2, 0) is 6.54 Å². The van der Waals surface area contributed by atoms with Gasteiger partial charge in [-0.3, -0.25) is 0 Å². The molecular formula is C12H22N2. The first kappa shape index (κ1) is 11.3. The standard InChI is InChI=1S/C12H22N2/c1-3-4-5-6-11(2)14-10-12-7-8-13-9-12/h7-9,11,13-14H,3-6,10H2,1-2H3. The lowest BCUT2D eigenvalue weighted by Crippen LogP contribution is -2.25. The summed E-state index contributed by atoms with van der Waals surface area (Å²) in [5.74, 6) is 0. The van der Waals surface area contributed by atoms with Gasteiger partial charge in [-0.1, -0.05) is 26.2 Å². The molecule has 1 atom stereocenters. The minimum Gasteiger partial charge on any atom is -0.367 e. The minimum atomic E-state index is 0.636. The summed E-state index contributed by atoms with van der Waals surface area (Å²) in [6, 6.07) is 2.75. The van der Waals surface area contributed by atoms with E-state index in [1.165, 1.54) is 31.2 Å². The van der Waals surface area contributed by atoms with E-state index in [0.717, 1.165) is 6.54 Å². The van der Waals surface area contributed by atoms with Crippen LogP contribution in [-0.4, -0.2) is 11.0 Å². The fourth-order valence-corrected chi connectivity index (χ4v) is 1.56. The van der Waals surface area contributed by atoms with E-state index >= 15 is 0 Å². The van der Waals surface area contributed by atoms with Crippen LogP contribution in [0.25, 0.3) is 0 Å². The second-order valence-corrected chi connectivity index (χ2v) is 4.00. The molecule has 0 amide bonds. The number of unbranched alkanes of at least 4 members (excludes halogenated alkanes) is 2. The Morgan fingerprint density at radius 3 is 2.93 bits per heavy atom. The van der Waals surface area contributed by atoms with Gasteiger partial charge in [-0.15, -0.1) is 0 Å². The third-order valence-corrected chi connectivity index (χ3v) is 2.56. The van der Waals surface area contributed by atoms with Crippen molar-refractivity contribution in [1.82, 2.24) is 10.3 Å². The van der Waals surface area contributed by atoms with Crippen molar-refractivity contribution in [2.24, 2.45) is 0 Å². The first-order chi connectivity index (χ1) is 6.83. The van der Waals surface area contributed by atoms with Gasteiger partial charge in [-0.25, -0.2) is 0 Å². The predicted octanol–water partition coefficient (Wildman–Crippen LogP) is 3.07. The summed E-state index contributed by atoms with van der Waals surface area (Å²) in [6.07, 6.45) is 9.32. The van der Waals surface area contributed by atoms with E-state index in [2.05, 4.69) is 30.2 Å². The summed E-state index contributed by atoms with van der Waals surface area (Å²) in [5.41, 5.74) is 1.34. The number of hydrogen-bond acceptors (Lipinski definition) is 1. The van der Waals surface area contributed by atoms with Gasteiger partial charge < -0.3 is 10.3 Å². The highest BCUT2D eigenvalue weighted by Crippen LogP contribution is 2.04. The average Bonchev–Trinajstić information content (AvgIpc) is 2.68. The van der Waals surface area contributed by atoms with Crippen LogP contribution < -0.4 is 5.32 Å². The second kappa shape index (κ2) is 6.66. The summed E-state index contributed by atoms with van der Waals surface area (Å²) in [6.45, 7) is 5.50. The maximum Gasteiger partial charge on any atom is 0.0222 e. The largest absolute Gasteiger partial charge is 0.367 e. The molecule has 0 bridgehead atoms. The molecule has 2 heteroatoms. The molecule has 0 fully saturated rings. The third kappa shape index (κ3) is 4.47. The summed E-state index contributed by atoms with van der Waals surface area (Å²) >= 11 is 0. The molecule has 0 aliphatic heterocycles. The Hall–Kier alpha value is -0.760. The van der Waals surface area contributed by atoms with E-state index in [0.29, 0.717) is 6.04 Å². The monoisotopic (exact) mass is 194 g/mol. The van der Waals surface area contributed by atoms with Crippen molar-refractivity contribution in [3.05, 3.63) is 24.0 Å². The highest BCUT2D eigenvalue weighted by molar-refractivity contribution is 5.07. The van der Waals surface area contributed by atoms with Crippen molar-refractivity contribution >= 4 is 0 Å². The molecule has 14 heavy (non-hydrogen) atoms. The van der Waals surface area contributed by atoms with Gasteiger partial charge >= 0.3 is 0 Å². The van der Waals surface area contributed by atoms with Crippen LogP contribution in [0.3, 0.4) is 0 Å². The van der Waals surface area contributed by atoms with Crippen molar-refractivity contribution in [1.29, 1.82) is 0 Å². The van der Waals surface area contributed by atoms with Crippen molar-refractivity contribution < 1.29 is 0 Å². The van der Waals surface area contributed by atoms with Gasteiger partial charge in [-0.2, -0.15) is 0 Å². The van der Waals surface area contributed by atoms with Gasteiger partial charge in [0, 0.05) is 25.0 Å². The lowest BCUT2D eigenvalue weighted by atomic mass is 10.1. The van der Waals surface area contributed by atoms with Gasteiger partial charge in [0.15, 0.2) is 0 Å². The van der Waals surface area contributed by atoms with Crippen LogP contribution in [0, 0.1) is 0 Å². The molecule has 0 aliphatic carbocycles. The molecule has 1 aromatic rings. The number of H-pyrrole nitrogens is 1. The summed E-state index contributed by atoms with van der Waals surface area (Å²) in [5, 5.41) is 3.52. The number of rotatable bonds is 7. The molecule has 1 rings (SSSR count). The van der Waals surface area contributed by atoms with E-state index < -0.39 is 0 Å². The number of aromatic nitrogens is 1. The average molecular weight is 194 g/mol. The van der Waals surface area contributed by atoms with E-state index in [4.69, 9.17) is 0 Å². The van der Waals surface area contributed by atoms with E-state index in [-0.39, 0.29) is 0 Å². The van der Waals surface area contributed by atoms with Gasteiger partial charge in [0.05, 0.1) is 0 Å². The van der Waals surface area contributed by atoms with E-state index in [9.17, 15) is 0 Å². The van der Waals surface area contributed by atoms with Gasteiger partial charge in [0.2, 0.25) is 0 Å². The smallest absolute Gasteiger partial charge is 0.0222 e. The number of aromatic amines is 1. The lowest BCUT2D eigenvalue weighted by molar-refractivity contribution is 0.487. The molecule has 0 spiro atoms. The molecule has 1 heterocycles. The molecule has 1 aromatic heterocycles. The van der Waals surface area contributed by atoms with E-state index in [1.54, 1.807) is 0 Å². The minimum absolute atomic E-state index is 0.636. The summed E-state index contributed by atoms with van der Waals surface area (Å²) in [4.78, 5) is 3.07. The molecule has 0 aliphatic rings. The molecule has 0 aromatic carbocycles. The normalized spacial score (nSPS) is 13.0. The molecule has 80 valence electrons. The first-order valence-corrected chi connectivity index (χ1v) is 5.68. The number of nitrogens with one attached hydrogen (secondary N) is 2. The third-order valence-electron chi connectivity index (χ3n) is 2.56. The SMILES string of the molecule is CCCCCC(C)NCc1cc[nH]c1.